The van der Waals surface area contributed by atoms with E-state index >= 15 is 0 Å². The lowest BCUT2D eigenvalue weighted by Gasteiger charge is -2.26. The largest absolute Gasteiger partial charge is 0.349 e. The summed E-state index contributed by atoms with van der Waals surface area (Å²) in [5, 5.41) is 3.43. The van der Waals surface area contributed by atoms with Gasteiger partial charge in [-0.15, -0.1) is 0 Å². The Kier molecular flexibility index (Phi) is 4.49. The highest BCUT2D eigenvalue weighted by molar-refractivity contribution is 5.32. The molecule has 1 aromatic heterocycles. The van der Waals surface area contributed by atoms with Crippen molar-refractivity contribution < 1.29 is 0 Å². The lowest BCUT2D eigenvalue weighted by Crippen LogP contribution is -2.31. The molecular formula is C14H25N3. The molecule has 96 valence electrons. The van der Waals surface area contributed by atoms with Gasteiger partial charge in [-0.1, -0.05) is 27.2 Å². The molecule has 1 heterocycles. The molecule has 1 N–H and O–H groups in total. The van der Waals surface area contributed by atoms with E-state index in [1.807, 2.05) is 6.92 Å². The van der Waals surface area contributed by atoms with Gasteiger partial charge in [0.05, 0.1) is 0 Å². The zero-order valence-corrected chi connectivity index (χ0v) is 12.0. The van der Waals surface area contributed by atoms with Crippen LogP contribution in [0.4, 0.5) is 5.95 Å². The van der Waals surface area contributed by atoms with E-state index in [1.54, 1.807) is 0 Å². The van der Waals surface area contributed by atoms with Gasteiger partial charge in [0.1, 0.15) is 0 Å². The van der Waals surface area contributed by atoms with Crippen molar-refractivity contribution in [2.75, 3.05) is 5.32 Å². The van der Waals surface area contributed by atoms with Crippen LogP contribution in [-0.2, 0) is 0 Å². The molecule has 0 aromatic carbocycles. The predicted molar refractivity (Wildman–Crippen MR) is 73.5 cm³/mol. The molecule has 0 aliphatic rings. The molecule has 0 atom stereocenters. The van der Waals surface area contributed by atoms with Crippen LogP contribution in [0.3, 0.4) is 0 Å². The smallest absolute Gasteiger partial charge is 0.223 e. The first kappa shape index (κ1) is 13.9. The highest BCUT2D eigenvalue weighted by atomic mass is 15.1. The Hall–Kier alpha value is -1.12. The molecule has 0 saturated carbocycles. The molecule has 0 fully saturated rings. The molecule has 3 nitrogen and oxygen atoms in total. The van der Waals surface area contributed by atoms with Gasteiger partial charge in [0, 0.05) is 16.9 Å². The van der Waals surface area contributed by atoms with Crippen molar-refractivity contribution in [2.45, 2.75) is 65.8 Å². The average Bonchev–Trinajstić information content (AvgIpc) is 2.15. The molecule has 0 saturated heterocycles. The average molecular weight is 235 g/mol. The summed E-state index contributed by atoms with van der Waals surface area (Å²) in [4.78, 5) is 9.04. The van der Waals surface area contributed by atoms with Crippen molar-refractivity contribution in [1.29, 1.82) is 0 Å². The molecule has 0 amide bonds. The second kappa shape index (κ2) is 5.48. The molecule has 1 rings (SSSR count). The SMILES string of the molecule is CCCC(C)(C)Nc1nc(C)cc(C(C)C)n1. The fourth-order valence-electron chi connectivity index (χ4n) is 1.93. The standard InChI is InChI=1S/C14H25N3/c1-7-8-14(5,6)17-13-15-11(4)9-12(16-13)10(2)3/h9-10H,7-8H2,1-6H3,(H,15,16,17). The molecule has 0 spiro atoms. The summed E-state index contributed by atoms with van der Waals surface area (Å²) in [5.74, 6) is 1.19. The summed E-state index contributed by atoms with van der Waals surface area (Å²) in [5.41, 5.74) is 2.18. The van der Waals surface area contributed by atoms with E-state index in [9.17, 15) is 0 Å². The number of hydrogen-bond donors (Lipinski definition) is 1. The van der Waals surface area contributed by atoms with Crippen LogP contribution < -0.4 is 5.32 Å². The van der Waals surface area contributed by atoms with E-state index in [2.05, 4.69) is 56.0 Å². The maximum absolute atomic E-state index is 4.58. The maximum atomic E-state index is 4.58. The predicted octanol–water partition coefficient (Wildman–Crippen LogP) is 3.90. The second-order valence-corrected chi connectivity index (χ2v) is 5.67. The molecule has 0 aliphatic heterocycles. The lowest BCUT2D eigenvalue weighted by molar-refractivity contribution is 0.506. The third-order valence-electron chi connectivity index (χ3n) is 2.79. The van der Waals surface area contributed by atoms with Gasteiger partial charge < -0.3 is 5.32 Å². The number of aromatic nitrogens is 2. The molecular weight excluding hydrogens is 210 g/mol. The summed E-state index contributed by atoms with van der Waals surface area (Å²) < 4.78 is 0. The van der Waals surface area contributed by atoms with Crippen molar-refractivity contribution in [1.82, 2.24) is 9.97 Å². The number of aryl methyl sites for hydroxylation is 1. The molecule has 17 heavy (non-hydrogen) atoms. The highest BCUT2D eigenvalue weighted by Gasteiger charge is 2.18. The van der Waals surface area contributed by atoms with Gasteiger partial charge in [-0.25, -0.2) is 9.97 Å². The molecule has 0 radical (unpaired) electrons. The van der Waals surface area contributed by atoms with Gasteiger partial charge in [-0.05, 0) is 39.2 Å². The molecule has 0 bridgehead atoms. The Morgan fingerprint density at radius 1 is 1.29 bits per heavy atom. The molecule has 0 aliphatic carbocycles. The van der Waals surface area contributed by atoms with Crippen LogP contribution in [0.5, 0.6) is 0 Å². The van der Waals surface area contributed by atoms with Crippen LogP contribution in [0.1, 0.15) is 64.8 Å². The topological polar surface area (TPSA) is 37.8 Å². The van der Waals surface area contributed by atoms with Crippen molar-refractivity contribution in [3.63, 3.8) is 0 Å². The van der Waals surface area contributed by atoms with E-state index in [1.165, 1.54) is 0 Å². The van der Waals surface area contributed by atoms with Crippen molar-refractivity contribution in [3.8, 4) is 0 Å². The minimum absolute atomic E-state index is 0.0524. The van der Waals surface area contributed by atoms with E-state index < -0.39 is 0 Å². The van der Waals surface area contributed by atoms with Crippen LogP contribution in [0.25, 0.3) is 0 Å². The Labute approximate surface area is 105 Å². The quantitative estimate of drug-likeness (QED) is 0.841. The van der Waals surface area contributed by atoms with E-state index in [0.717, 1.165) is 30.2 Å². The fraction of sp³-hybridized carbons (Fsp3) is 0.714. The van der Waals surface area contributed by atoms with E-state index in [-0.39, 0.29) is 5.54 Å². The molecule has 3 heteroatoms. The van der Waals surface area contributed by atoms with Gasteiger partial charge in [-0.3, -0.25) is 0 Å². The van der Waals surface area contributed by atoms with E-state index in [4.69, 9.17) is 0 Å². The van der Waals surface area contributed by atoms with Crippen LogP contribution in [0, 0.1) is 6.92 Å². The second-order valence-electron chi connectivity index (χ2n) is 5.67. The number of hydrogen-bond acceptors (Lipinski definition) is 3. The summed E-state index contributed by atoms with van der Waals surface area (Å²) in [6, 6.07) is 2.06. The third-order valence-corrected chi connectivity index (χ3v) is 2.79. The number of rotatable bonds is 5. The van der Waals surface area contributed by atoms with Crippen molar-refractivity contribution >= 4 is 5.95 Å². The highest BCUT2D eigenvalue weighted by Crippen LogP contribution is 2.19. The number of anilines is 1. The summed E-state index contributed by atoms with van der Waals surface area (Å²) >= 11 is 0. The van der Waals surface area contributed by atoms with Crippen LogP contribution in [0.2, 0.25) is 0 Å². The lowest BCUT2D eigenvalue weighted by atomic mass is 9.99. The van der Waals surface area contributed by atoms with Gasteiger partial charge in [0.25, 0.3) is 0 Å². The van der Waals surface area contributed by atoms with Crippen molar-refractivity contribution in [3.05, 3.63) is 17.5 Å². The number of nitrogens with zero attached hydrogens (tertiary/aromatic N) is 2. The van der Waals surface area contributed by atoms with Crippen LogP contribution in [0.15, 0.2) is 6.07 Å². The first-order valence-corrected chi connectivity index (χ1v) is 6.48. The summed E-state index contributed by atoms with van der Waals surface area (Å²) in [6.07, 6.45) is 2.27. The Morgan fingerprint density at radius 3 is 2.47 bits per heavy atom. The first-order valence-electron chi connectivity index (χ1n) is 6.48. The minimum Gasteiger partial charge on any atom is -0.349 e. The Morgan fingerprint density at radius 2 is 1.94 bits per heavy atom. The maximum Gasteiger partial charge on any atom is 0.223 e. The summed E-state index contributed by atoms with van der Waals surface area (Å²) in [7, 11) is 0. The van der Waals surface area contributed by atoms with Gasteiger partial charge >= 0.3 is 0 Å². The zero-order chi connectivity index (χ0) is 13.1. The Balaban J connectivity index is 2.91. The van der Waals surface area contributed by atoms with E-state index in [0.29, 0.717) is 5.92 Å². The van der Waals surface area contributed by atoms with Gasteiger partial charge in [0.15, 0.2) is 0 Å². The molecule has 0 unspecified atom stereocenters. The third kappa shape index (κ3) is 4.33. The van der Waals surface area contributed by atoms with Crippen LogP contribution >= 0.6 is 0 Å². The van der Waals surface area contributed by atoms with Crippen molar-refractivity contribution in [2.24, 2.45) is 0 Å². The summed E-state index contributed by atoms with van der Waals surface area (Å²) in [6.45, 7) is 12.9. The fourth-order valence-corrected chi connectivity index (χ4v) is 1.93. The van der Waals surface area contributed by atoms with Gasteiger partial charge in [-0.2, -0.15) is 0 Å². The monoisotopic (exact) mass is 235 g/mol. The number of nitrogens with one attached hydrogen (secondary N) is 1. The molecule has 1 aromatic rings. The van der Waals surface area contributed by atoms with Crippen LogP contribution in [-0.4, -0.2) is 15.5 Å². The first-order chi connectivity index (χ1) is 7.84. The Bertz CT molecular complexity index is 370. The van der Waals surface area contributed by atoms with Gasteiger partial charge in [0.2, 0.25) is 5.95 Å². The zero-order valence-electron chi connectivity index (χ0n) is 12.0. The normalized spacial score (nSPS) is 11.9. The minimum atomic E-state index is 0.0524.